The number of hydrogen-bond donors (Lipinski definition) is 1. The molecule has 1 saturated heterocycles. The van der Waals surface area contributed by atoms with Crippen LogP contribution < -0.4 is 4.90 Å². The minimum atomic E-state index is -0.972. The Bertz CT molecular complexity index is 614. The van der Waals surface area contributed by atoms with Crippen molar-refractivity contribution < 1.29 is 14.6 Å². The van der Waals surface area contributed by atoms with Crippen LogP contribution in [0.2, 0.25) is 0 Å². The Morgan fingerprint density at radius 2 is 2.24 bits per heavy atom. The van der Waals surface area contributed by atoms with Crippen molar-refractivity contribution in [1.82, 2.24) is 4.98 Å². The molecular formula is C15H16N2O3S. The van der Waals surface area contributed by atoms with Gasteiger partial charge in [-0.05, 0) is 12.0 Å². The minimum Gasteiger partial charge on any atom is -0.476 e. The predicted octanol–water partition coefficient (Wildman–Crippen LogP) is 2.64. The molecular weight excluding hydrogens is 288 g/mol. The Morgan fingerprint density at radius 1 is 1.43 bits per heavy atom. The largest absolute Gasteiger partial charge is 0.476 e. The molecule has 0 saturated carbocycles. The van der Waals surface area contributed by atoms with Gasteiger partial charge in [-0.3, -0.25) is 0 Å². The van der Waals surface area contributed by atoms with E-state index in [4.69, 9.17) is 9.84 Å². The monoisotopic (exact) mass is 304 g/mol. The number of benzene rings is 1. The Morgan fingerprint density at radius 3 is 3.00 bits per heavy atom. The molecule has 0 bridgehead atoms. The van der Waals surface area contributed by atoms with E-state index in [9.17, 15) is 4.79 Å². The average Bonchev–Trinajstić information content (AvgIpc) is 3.15. The van der Waals surface area contributed by atoms with E-state index in [-0.39, 0.29) is 11.8 Å². The van der Waals surface area contributed by atoms with E-state index in [0.717, 1.165) is 30.1 Å². The van der Waals surface area contributed by atoms with E-state index in [0.29, 0.717) is 6.61 Å². The van der Waals surface area contributed by atoms with Gasteiger partial charge in [0.05, 0.1) is 18.2 Å². The van der Waals surface area contributed by atoms with Gasteiger partial charge in [0, 0.05) is 13.1 Å². The van der Waals surface area contributed by atoms with Crippen molar-refractivity contribution in [2.24, 2.45) is 0 Å². The highest BCUT2D eigenvalue weighted by molar-refractivity contribution is 7.14. The van der Waals surface area contributed by atoms with Gasteiger partial charge in [-0.15, -0.1) is 11.3 Å². The first kappa shape index (κ1) is 14.0. The summed E-state index contributed by atoms with van der Waals surface area (Å²) >= 11 is 1.37. The molecule has 0 amide bonds. The topological polar surface area (TPSA) is 62.7 Å². The molecule has 1 aromatic carbocycles. The summed E-state index contributed by atoms with van der Waals surface area (Å²) in [4.78, 5) is 17.1. The molecule has 0 spiro atoms. The molecule has 5 nitrogen and oxygen atoms in total. The third-order valence-electron chi connectivity index (χ3n) is 3.51. The highest BCUT2D eigenvalue weighted by Crippen LogP contribution is 2.29. The normalized spacial score (nSPS) is 18.1. The minimum absolute atomic E-state index is 0.133. The van der Waals surface area contributed by atoms with E-state index in [1.807, 2.05) is 30.3 Å². The maximum Gasteiger partial charge on any atom is 0.357 e. The average molecular weight is 304 g/mol. The van der Waals surface area contributed by atoms with Gasteiger partial charge in [-0.2, -0.15) is 0 Å². The van der Waals surface area contributed by atoms with E-state index < -0.39 is 5.97 Å². The molecule has 2 aromatic rings. The lowest BCUT2D eigenvalue weighted by Crippen LogP contribution is -2.23. The van der Waals surface area contributed by atoms with Gasteiger partial charge in [0.2, 0.25) is 0 Å². The second-order valence-electron chi connectivity index (χ2n) is 4.96. The zero-order valence-corrected chi connectivity index (χ0v) is 12.3. The Balaban J connectivity index is 1.58. The smallest absolute Gasteiger partial charge is 0.357 e. The van der Waals surface area contributed by atoms with Crippen LogP contribution in [-0.2, 0) is 11.3 Å². The molecule has 0 radical (unpaired) electrons. The predicted molar refractivity (Wildman–Crippen MR) is 80.9 cm³/mol. The van der Waals surface area contributed by atoms with Crippen LogP contribution in [0.5, 0.6) is 0 Å². The number of carboxylic acids is 1. The van der Waals surface area contributed by atoms with Crippen molar-refractivity contribution in [1.29, 1.82) is 0 Å². The molecule has 2 heterocycles. The molecule has 1 fully saturated rings. The summed E-state index contributed by atoms with van der Waals surface area (Å²) in [5.41, 5.74) is 2.88. The summed E-state index contributed by atoms with van der Waals surface area (Å²) in [6, 6.07) is 10.1. The van der Waals surface area contributed by atoms with E-state index in [1.165, 1.54) is 11.3 Å². The first-order valence-electron chi connectivity index (χ1n) is 6.81. The second-order valence-corrected chi connectivity index (χ2v) is 5.80. The molecule has 1 atom stereocenters. The fourth-order valence-corrected chi connectivity index (χ4v) is 3.27. The van der Waals surface area contributed by atoms with Crippen LogP contribution in [-0.4, -0.2) is 35.3 Å². The van der Waals surface area contributed by atoms with Crippen molar-refractivity contribution in [2.75, 3.05) is 18.0 Å². The van der Waals surface area contributed by atoms with Crippen molar-refractivity contribution in [2.45, 2.75) is 19.1 Å². The highest BCUT2D eigenvalue weighted by atomic mass is 32.1. The number of rotatable bonds is 5. The van der Waals surface area contributed by atoms with Crippen LogP contribution in [0.25, 0.3) is 0 Å². The quantitative estimate of drug-likeness (QED) is 0.920. The number of ether oxygens (including phenoxy) is 1. The molecule has 1 aliphatic heterocycles. The summed E-state index contributed by atoms with van der Waals surface area (Å²) in [5, 5.41) is 9.85. The number of thiazole rings is 1. The zero-order chi connectivity index (χ0) is 14.7. The number of hydrogen-bond acceptors (Lipinski definition) is 5. The van der Waals surface area contributed by atoms with Crippen LogP contribution in [0.1, 0.15) is 22.5 Å². The lowest BCUT2D eigenvalue weighted by atomic mass is 10.2. The number of carboxylic acid groups (broad SMARTS) is 1. The summed E-state index contributed by atoms with van der Waals surface area (Å²) < 4.78 is 5.91. The van der Waals surface area contributed by atoms with Crippen LogP contribution in [0.4, 0.5) is 5.00 Å². The lowest BCUT2D eigenvalue weighted by molar-refractivity contribution is 0.0553. The Kier molecular flexibility index (Phi) is 4.17. The molecule has 0 unspecified atom stereocenters. The molecule has 1 aromatic heterocycles. The van der Waals surface area contributed by atoms with Gasteiger partial charge in [-0.25, -0.2) is 9.78 Å². The molecule has 1 aliphatic rings. The molecule has 3 rings (SSSR count). The Hall–Kier alpha value is -1.92. The number of aromatic nitrogens is 1. The van der Waals surface area contributed by atoms with Gasteiger partial charge < -0.3 is 14.7 Å². The highest BCUT2D eigenvalue weighted by Gasteiger charge is 2.28. The zero-order valence-electron chi connectivity index (χ0n) is 11.4. The SMILES string of the molecule is O=C(O)c1ncsc1N1CC[C@@H](OCc2ccccc2)C1. The van der Waals surface area contributed by atoms with E-state index >= 15 is 0 Å². The lowest BCUT2D eigenvalue weighted by Gasteiger charge is -2.17. The third kappa shape index (κ3) is 3.22. The fraction of sp³-hybridized carbons (Fsp3) is 0.333. The third-order valence-corrected chi connectivity index (χ3v) is 4.40. The van der Waals surface area contributed by atoms with Gasteiger partial charge in [0.1, 0.15) is 5.00 Å². The second kappa shape index (κ2) is 6.24. The summed E-state index contributed by atoms with van der Waals surface area (Å²) in [7, 11) is 0. The summed E-state index contributed by atoms with van der Waals surface area (Å²) in [5.74, 6) is -0.972. The van der Waals surface area contributed by atoms with Crippen molar-refractivity contribution in [3.63, 3.8) is 0 Å². The van der Waals surface area contributed by atoms with Gasteiger partial charge in [0.15, 0.2) is 5.69 Å². The Labute approximate surface area is 126 Å². The first-order chi connectivity index (χ1) is 10.2. The molecule has 110 valence electrons. The maximum absolute atomic E-state index is 11.1. The van der Waals surface area contributed by atoms with Gasteiger partial charge in [0.25, 0.3) is 0 Å². The maximum atomic E-state index is 11.1. The molecule has 21 heavy (non-hydrogen) atoms. The number of aromatic carboxylic acids is 1. The van der Waals surface area contributed by atoms with E-state index in [2.05, 4.69) is 9.88 Å². The molecule has 1 N–H and O–H groups in total. The van der Waals surface area contributed by atoms with Crippen molar-refractivity contribution >= 4 is 22.3 Å². The van der Waals surface area contributed by atoms with Crippen LogP contribution in [0.3, 0.4) is 0 Å². The van der Waals surface area contributed by atoms with E-state index in [1.54, 1.807) is 5.51 Å². The van der Waals surface area contributed by atoms with Crippen molar-refractivity contribution in [3.05, 3.63) is 47.1 Å². The molecule has 6 heteroatoms. The standard InChI is InChI=1S/C15H16N2O3S/c18-15(19)13-14(21-10-16-13)17-7-6-12(8-17)20-9-11-4-2-1-3-5-11/h1-5,10,12H,6-9H2,(H,18,19)/t12-/m1/s1. The number of carbonyl (C=O) groups is 1. The van der Waals surface area contributed by atoms with Crippen LogP contribution in [0, 0.1) is 0 Å². The molecule has 0 aliphatic carbocycles. The number of nitrogens with zero attached hydrogens (tertiary/aromatic N) is 2. The fourth-order valence-electron chi connectivity index (χ4n) is 2.45. The van der Waals surface area contributed by atoms with Crippen LogP contribution in [0.15, 0.2) is 35.8 Å². The summed E-state index contributed by atoms with van der Waals surface area (Å²) in [6.07, 6.45) is 1.04. The van der Waals surface area contributed by atoms with Crippen LogP contribution >= 0.6 is 11.3 Å². The van der Waals surface area contributed by atoms with Gasteiger partial charge in [-0.1, -0.05) is 30.3 Å². The number of anilines is 1. The van der Waals surface area contributed by atoms with Gasteiger partial charge >= 0.3 is 5.97 Å². The summed E-state index contributed by atoms with van der Waals surface area (Å²) in [6.45, 7) is 2.12. The van der Waals surface area contributed by atoms with Crippen molar-refractivity contribution in [3.8, 4) is 0 Å². The first-order valence-corrected chi connectivity index (χ1v) is 7.69.